The number of carbonyl (C=O) groups is 1. The monoisotopic (exact) mass is 525 g/mol. The van der Waals surface area contributed by atoms with E-state index in [1.165, 1.54) is 11.6 Å². The van der Waals surface area contributed by atoms with Crippen LogP contribution in [0.3, 0.4) is 0 Å². The number of benzene rings is 3. The molecule has 3 aromatic carbocycles. The normalized spacial score (nSPS) is 14.1. The maximum Gasteiger partial charge on any atom is 0.295 e. The Morgan fingerprint density at radius 1 is 0.923 bits per heavy atom. The molecule has 0 bridgehead atoms. The van der Waals surface area contributed by atoms with Gasteiger partial charge in [0.05, 0.1) is 16.0 Å². The number of piperazine rings is 1. The summed E-state index contributed by atoms with van der Waals surface area (Å²) in [5.41, 5.74) is 2.69. The van der Waals surface area contributed by atoms with E-state index in [0.717, 1.165) is 10.4 Å². The van der Waals surface area contributed by atoms with Crippen molar-refractivity contribution in [2.75, 3.05) is 31.1 Å². The molecule has 9 heteroatoms. The van der Waals surface area contributed by atoms with E-state index in [1.807, 2.05) is 41.3 Å². The Labute approximate surface area is 226 Å². The summed E-state index contributed by atoms with van der Waals surface area (Å²) in [7, 11) is 0. The molecular formula is C30H31N5O4. The minimum atomic E-state index is -0.501. The molecule has 0 N–H and O–H groups in total. The molecule has 0 spiro atoms. The average molecular weight is 526 g/mol. The molecular weight excluding hydrogens is 494 g/mol. The van der Waals surface area contributed by atoms with Gasteiger partial charge in [-0.1, -0.05) is 51.1 Å². The molecule has 9 nitrogen and oxygen atoms in total. The van der Waals surface area contributed by atoms with E-state index in [1.54, 1.807) is 31.2 Å². The molecule has 1 saturated heterocycles. The molecule has 1 amide bonds. The van der Waals surface area contributed by atoms with Crippen LogP contribution in [0.2, 0.25) is 0 Å². The molecule has 1 aliphatic rings. The Balaban J connectivity index is 1.40. The Kier molecular flexibility index (Phi) is 6.68. The van der Waals surface area contributed by atoms with Gasteiger partial charge >= 0.3 is 0 Å². The van der Waals surface area contributed by atoms with E-state index in [0.29, 0.717) is 48.2 Å². The van der Waals surface area contributed by atoms with Crippen molar-refractivity contribution in [2.45, 2.75) is 33.1 Å². The van der Waals surface area contributed by atoms with Gasteiger partial charge in [-0.25, -0.2) is 0 Å². The van der Waals surface area contributed by atoms with Crippen LogP contribution in [0.15, 0.2) is 71.5 Å². The van der Waals surface area contributed by atoms with Crippen LogP contribution < -0.4 is 10.5 Å². The summed E-state index contributed by atoms with van der Waals surface area (Å²) in [6, 6.07) is 19.6. The highest BCUT2D eigenvalue weighted by atomic mass is 16.6. The van der Waals surface area contributed by atoms with Crippen LogP contribution in [0.4, 0.5) is 11.4 Å². The highest BCUT2D eigenvalue weighted by Gasteiger charge is 2.26. The lowest BCUT2D eigenvalue weighted by atomic mass is 9.86. The van der Waals surface area contributed by atoms with E-state index in [9.17, 15) is 19.7 Å². The maximum absolute atomic E-state index is 13.3. The number of anilines is 1. The molecule has 0 unspecified atom stereocenters. The topological polar surface area (TPSA) is 102 Å². The number of rotatable bonds is 4. The Morgan fingerprint density at radius 2 is 1.56 bits per heavy atom. The van der Waals surface area contributed by atoms with E-state index in [-0.39, 0.29) is 22.7 Å². The number of nitro groups is 1. The quantitative estimate of drug-likeness (QED) is 0.279. The fourth-order valence-corrected chi connectivity index (χ4v) is 5.01. The van der Waals surface area contributed by atoms with Crippen LogP contribution >= 0.6 is 0 Å². The maximum atomic E-state index is 13.3. The standard InChI is InChI=1S/C30H31N5O4/c1-20-24-7-5-6-8-25(24)29(37)34(31-20)27-19-23(13-14-26(27)35(38)39)32-15-17-33(18-16-32)28(36)21-9-11-22(12-10-21)30(2,3)4/h5-14,19H,15-18H2,1-4H3. The van der Waals surface area contributed by atoms with Crippen molar-refractivity contribution < 1.29 is 9.72 Å². The zero-order chi connectivity index (χ0) is 27.9. The lowest BCUT2D eigenvalue weighted by Crippen LogP contribution is -2.48. The fourth-order valence-electron chi connectivity index (χ4n) is 5.01. The minimum Gasteiger partial charge on any atom is -0.368 e. The van der Waals surface area contributed by atoms with Crippen molar-refractivity contribution in [3.05, 3.63) is 104 Å². The number of nitro benzene ring substituents is 1. The summed E-state index contributed by atoms with van der Waals surface area (Å²) in [6.07, 6.45) is 0. The number of amides is 1. The van der Waals surface area contributed by atoms with Crippen molar-refractivity contribution in [3.8, 4) is 5.69 Å². The van der Waals surface area contributed by atoms with Crippen molar-refractivity contribution in [1.82, 2.24) is 14.7 Å². The molecule has 1 aromatic heterocycles. The summed E-state index contributed by atoms with van der Waals surface area (Å²) >= 11 is 0. The Bertz CT molecular complexity index is 1630. The summed E-state index contributed by atoms with van der Waals surface area (Å²) < 4.78 is 1.13. The van der Waals surface area contributed by atoms with Gasteiger partial charge in [0.1, 0.15) is 5.69 Å². The van der Waals surface area contributed by atoms with E-state index >= 15 is 0 Å². The van der Waals surface area contributed by atoms with Crippen molar-refractivity contribution >= 4 is 28.1 Å². The zero-order valence-electron chi connectivity index (χ0n) is 22.5. The second-order valence-corrected chi connectivity index (χ2v) is 10.9. The summed E-state index contributed by atoms with van der Waals surface area (Å²) in [5, 5.41) is 17.5. The highest BCUT2D eigenvalue weighted by Crippen LogP contribution is 2.29. The van der Waals surface area contributed by atoms with Gasteiger partial charge in [0.25, 0.3) is 17.2 Å². The van der Waals surface area contributed by atoms with Gasteiger partial charge in [0.2, 0.25) is 0 Å². The van der Waals surface area contributed by atoms with Crippen LogP contribution in [-0.2, 0) is 5.41 Å². The number of aryl methyl sites for hydroxylation is 1. The SMILES string of the molecule is Cc1nn(-c2cc(N3CCN(C(=O)c4ccc(C(C)(C)C)cc4)CC3)ccc2[N+](=O)[O-])c(=O)c2ccccc12. The molecule has 0 radical (unpaired) electrons. The number of carbonyl (C=O) groups excluding carboxylic acids is 1. The summed E-state index contributed by atoms with van der Waals surface area (Å²) in [4.78, 5) is 41.7. The molecule has 2 heterocycles. The first-order valence-electron chi connectivity index (χ1n) is 13.0. The predicted octanol–water partition coefficient (Wildman–Crippen LogP) is 4.86. The van der Waals surface area contributed by atoms with Crippen molar-refractivity contribution in [1.29, 1.82) is 0 Å². The third-order valence-corrected chi connectivity index (χ3v) is 7.30. The van der Waals surface area contributed by atoms with Crippen LogP contribution in [0.5, 0.6) is 0 Å². The number of hydrogen-bond acceptors (Lipinski definition) is 6. The van der Waals surface area contributed by atoms with Crippen molar-refractivity contribution in [2.24, 2.45) is 0 Å². The van der Waals surface area contributed by atoms with Gasteiger partial charge in [0.15, 0.2) is 0 Å². The molecule has 39 heavy (non-hydrogen) atoms. The van der Waals surface area contributed by atoms with Gasteiger partial charge in [-0.2, -0.15) is 9.78 Å². The lowest BCUT2D eigenvalue weighted by molar-refractivity contribution is -0.384. The van der Waals surface area contributed by atoms with Gasteiger partial charge in [-0.15, -0.1) is 0 Å². The van der Waals surface area contributed by atoms with Crippen LogP contribution in [0, 0.1) is 17.0 Å². The van der Waals surface area contributed by atoms with Gasteiger partial charge < -0.3 is 9.80 Å². The second kappa shape index (κ2) is 9.98. The van der Waals surface area contributed by atoms with Crippen LogP contribution in [0.25, 0.3) is 16.5 Å². The molecule has 200 valence electrons. The molecule has 1 aliphatic heterocycles. The minimum absolute atomic E-state index is 0.0121. The molecule has 4 aromatic rings. The van der Waals surface area contributed by atoms with Crippen LogP contribution in [-0.4, -0.2) is 51.7 Å². The fraction of sp³-hybridized carbons (Fsp3) is 0.300. The second-order valence-electron chi connectivity index (χ2n) is 10.9. The molecule has 0 saturated carbocycles. The molecule has 1 fully saturated rings. The predicted molar refractivity (Wildman–Crippen MR) is 152 cm³/mol. The number of aromatic nitrogens is 2. The summed E-state index contributed by atoms with van der Waals surface area (Å²) in [6.45, 7) is 10.3. The number of nitrogens with zero attached hydrogens (tertiary/aromatic N) is 5. The highest BCUT2D eigenvalue weighted by molar-refractivity contribution is 5.94. The number of hydrogen-bond donors (Lipinski definition) is 0. The van der Waals surface area contributed by atoms with Crippen LogP contribution in [0.1, 0.15) is 42.4 Å². The molecule has 5 rings (SSSR count). The van der Waals surface area contributed by atoms with E-state index in [4.69, 9.17) is 0 Å². The first-order valence-corrected chi connectivity index (χ1v) is 13.0. The van der Waals surface area contributed by atoms with Gasteiger partial charge in [-0.05, 0) is 48.2 Å². The molecule has 0 aliphatic carbocycles. The largest absolute Gasteiger partial charge is 0.368 e. The summed E-state index contributed by atoms with van der Waals surface area (Å²) in [5.74, 6) is -0.0121. The van der Waals surface area contributed by atoms with E-state index in [2.05, 4.69) is 30.8 Å². The van der Waals surface area contributed by atoms with Crippen molar-refractivity contribution in [3.63, 3.8) is 0 Å². The first kappa shape index (κ1) is 26.1. The number of fused-ring (bicyclic) bond motifs is 1. The Hall–Kier alpha value is -4.53. The zero-order valence-corrected chi connectivity index (χ0v) is 22.5. The Morgan fingerprint density at radius 3 is 2.18 bits per heavy atom. The first-order chi connectivity index (χ1) is 18.5. The third kappa shape index (κ3) is 4.99. The van der Waals surface area contributed by atoms with Gasteiger partial charge in [-0.3, -0.25) is 19.7 Å². The van der Waals surface area contributed by atoms with E-state index < -0.39 is 10.5 Å². The van der Waals surface area contributed by atoms with Gasteiger partial charge in [0, 0.05) is 48.9 Å². The smallest absolute Gasteiger partial charge is 0.295 e. The third-order valence-electron chi connectivity index (χ3n) is 7.30. The lowest BCUT2D eigenvalue weighted by Gasteiger charge is -2.36. The average Bonchev–Trinajstić information content (AvgIpc) is 2.94. The molecule has 0 atom stereocenters.